The van der Waals surface area contributed by atoms with Crippen LogP contribution in [0.5, 0.6) is 0 Å². The first kappa shape index (κ1) is 19.8. The number of piperazine rings is 1. The molecule has 0 unspecified atom stereocenters. The van der Waals surface area contributed by atoms with Gasteiger partial charge in [-0.3, -0.25) is 4.79 Å². The Morgan fingerprint density at radius 1 is 0.935 bits per heavy atom. The van der Waals surface area contributed by atoms with Gasteiger partial charge in [0.2, 0.25) is 0 Å². The highest BCUT2D eigenvalue weighted by atomic mass is 32.1. The molecule has 3 aromatic heterocycles. The standard InChI is InChI=1S/C23H21N5OS2/c1-16-21(31-22(24-16)17-6-3-2-4-7-17)23(29)28-13-11-27(12-14-28)20-10-9-18(25-26-20)19-8-5-15-30-19/h2-10,15H,11-14H2,1H3. The third-order valence-electron chi connectivity index (χ3n) is 5.33. The molecule has 1 saturated heterocycles. The van der Waals surface area contributed by atoms with Crippen LogP contribution < -0.4 is 4.90 Å². The fourth-order valence-corrected chi connectivity index (χ4v) is 5.36. The molecule has 31 heavy (non-hydrogen) atoms. The van der Waals surface area contributed by atoms with Gasteiger partial charge in [-0.2, -0.15) is 0 Å². The maximum Gasteiger partial charge on any atom is 0.265 e. The highest BCUT2D eigenvalue weighted by Gasteiger charge is 2.26. The molecule has 0 spiro atoms. The predicted molar refractivity (Wildman–Crippen MR) is 126 cm³/mol. The second kappa shape index (κ2) is 8.56. The van der Waals surface area contributed by atoms with Crippen molar-refractivity contribution in [3.05, 3.63) is 70.5 Å². The molecule has 0 radical (unpaired) electrons. The van der Waals surface area contributed by atoms with Gasteiger partial charge in [0.1, 0.15) is 15.6 Å². The first-order valence-corrected chi connectivity index (χ1v) is 11.8. The van der Waals surface area contributed by atoms with E-state index < -0.39 is 0 Å². The summed E-state index contributed by atoms with van der Waals surface area (Å²) in [5.41, 5.74) is 2.73. The molecule has 0 saturated carbocycles. The topological polar surface area (TPSA) is 62.2 Å². The van der Waals surface area contributed by atoms with E-state index in [1.807, 2.05) is 71.8 Å². The molecule has 1 aromatic carbocycles. The Morgan fingerprint density at radius 2 is 1.74 bits per heavy atom. The summed E-state index contributed by atoms with van der Waals surface area (Å²) >= 11 is 3.13. The number of thiazole rings is 1. The Labute approximate surface area is 188 Å². The van der Waals surface area contributed by atoms with Crippen LogP contribution in [0.25, 0.3) is 21.1 Å². The van der Waals surface area contributed by atoms with Crippen LogP contribution in [0.1, 0.15) is 15.4 Å². The van der Waals surface area contributed by atoms with Gasteiger partial charge in [-0.15, -0.1) is 32.9 Å². The molecule has 1 aliphatic heterocycles. The fraction of sp³-hybridized carbons (Fsp3) is 0.217. The van der Waals surface area contributed by atoms with Crippen LogP contribution in [0, 0.1) is 6.92 Å². The Balaban J connectivity index is 1.24. The summed E-state index contributed by atoms with van der Waals surface area (Å²) in [5.74, 6) is 0.920. The number of anilines is 1. The molecular formula is C23H21N5OS2. The Kier molecular flexibility index (Phi) is 5.48. The Hall–Kier alpha value is -3.10. The molecule has 0 atom stereocenters. The van der Waals surface area contributed by atoms with Crippen LogP contribution >= 0.6 is 22.7 Å². The van der Waals surface area contributed by atoms with Gasteiger partial charge in [-0.05, 0) is 30.5 Å². The summed E-state index contributed by atoms with van der Waals surface area (Å²) in [4.78, 5) is 23.7. The lowest BCUT2D eigenvalue weighted by Gasteiger charge is -2.35. The van der Waals surface area contributed by atoms with E-state index in [1.165, 1.54) is 11.3 Å². The van der Waals surface area contributed by atoms with Gasteiger partial charge in [0.05, 0.1) is 10.6 Å². The Morgan fingerprint density at radius 3 is 2.42 bits per heavy atom. The minimum Gasteiger partial charge on any atom is -0.352 e. The molecule has 0 bridgehead atoms. The van der Waals surface area contributed by atoms with Gasteiger partial charge in [-0.1, -0.05) is 36.4 Å². The SMILES string of the molecule is Cc1nc(-c2ccccc2)sc1C(=O)N1CCN(c2ccc(-c3cccs3)nn2)CC1. The number of aromatic nitrogens is 3. The van der Waals surface area contributed by atoms with Gasteiger partial charge in [0.15, 0.2) is 5.82 Å². The first-order chi connectivity index (χ1) is 15.2. The van der Waals surface area contributed by atoms with E-state index in [4.69, 9.17) is 0 Å². The molecule has 0 aliphatic carbocycles. The van der Waals surface area contributed by atoms with Crippen LogP contribution in [0.4, 0.5) is 5.82 Å². The number of hydrogen-bond acceptors (Lipinski definition) is 7. The van der Waals surface area contributed by atoms with Crippen molar-refractivity contribution in [3.63, 3.8) is 0 Å². The van der Waals surface area contributed by atoms with Crippen molar-refractivity contribution in [2.45, 2.75) is 6.92 Å². The fourth-order valence-electron chi connectivity index (χ4n) is 3.63. The minimum atomic E-state index is 0.0657. The van der Waals surface area contributed by atoms with Crippen molar-refractivity contribution in [3.8, 4) is 21.1 Å². The summed E-state index contributed by atoms with van der Waals surface area (Å²) in [6.07, 6.45) is 0. The van der Waals surface area contributed by atoms with Crippen LogP contribution in [0.2, 0.25) is 0 Å². The summed E-state index contributed by atoms with van der Waals surface area (Å²) in [7, 11) is 0. The third-order valence-corrected chi connectivity index (χ3v) is 7.41. The number of thiophene rings is 1. The summed E-state index contributed by atoms with van der Waals surface area (Å²) in [6, 6.07) is 18.1. The monoisotopic (exact) mass is 447 g/mol. The lowest BCUT2D eigenvalue weighted by Crippen LogP contribution is -2.49. The Bertz CT molecular complexity index is 1160. The summed E-state index contributed by atoms with van der Waals surface area (Å²) in [6.45, 7) is 4.71. The van der Waals surface area contributed by atoms with Gasteiger partial charge in [-0.25, -0.2) is 4.98 Å². The molecule has 6 nitrogen and oxygen atoms in total. The first-order valence-electron chi connectivity index (χ1n) is 10.1. The van der Waals surface area contributed by atoms with Crippen molar-refractivity contribution < 1.29 is 4.79 Å². The largest absolute Gasteiger partial charge is 0.352 e. The lowest BCUT2D eigenvalue weighted by molar-refractivity contribution is 0.0750. The van der Waals surface area contributed by atoms with Crippen LogP contribution in [0.15, 0.2) is 60.0 Å². The van der Waals surface area contributed by atoms with E-state index in [0.29, 0.717) is 13.1 Å². The van der Waals surface area contributed by atoms with Gasteiger partial charge >= 0.3 is 0 Å². The normalized spacial score (nSPS) is 14.1. The third kappa shape index (κ3) is 4.08. The number of benzene rings is 1. The number of aryl methyl sites for hydroxylation is 1. The van der Waals surface area contributed by atoms with E-state index in [0.717, 1.165) is 50.6 Å². The maximum absolute atomic E-state index is 13.1. The number of nitrogens with zero attached hydrogens (tertiary/aromatic N) is 5. The molecule has 1 aliphatic rings. The second-order valence-electron chi connectivity index (χ2n) is 7.33. The molecule has 8 heteroatoms. The van der Waals surface area contributed by atoms with Crippen molar-refractivity contribution in [2.24, 2.45) is 0 Å². The zero-order valence-corrected chi connectivity index (χ0v) is 18.7. The molecule has 4 heterocycles. The molecule has 4 aromatic rings. The highest BCUT2D eigenvalue weighted by Crippen LogP contribution is 2.29. The van der Waals surface area contributed by atoms with E-state index in [9.17, 15) is 4.79 Å². The van der Waals surface area contributed by atoms with Crippen LogP contribution in [-0.2, 0) is 0 Å². The average molecular weight is 448 g/mol. The van der Waals surface area contributed by atoms with E-state index in [2.05, 4.69) is 20.1 Å². The van der Waals surface area contributed by atoms with Crippen molar-refractivity contribution in [1.82, 2.24) is 20.1 Å². The molecule has 156 valence electrons. The highest BCUT2D eigenvalue weighted by molar-refractivity contribution is 7.17. The van der Waals surface area contributed by atoms with Gasteiger partial charge in [0, 0.05) is 31.7 Å². The number of rotatable bonds is 4. The van der Waals surface area contributed by atoms with E-state index >= 15 is 0 Å². The molecular weight excluding hydrogens is 426 g/mol. The molecule has 1 fully saturated rings. The smallest absolute Gasteiger partial charge is 0.265 e. The van der Waals surface area contributed by atoms with Gasteiger partial charge < -0.3 is 9.80 Å². The average Bonchev–Trinajstić information content (AvgIpc) is 3.50. The summed E-state index contributed by atoms with van der Waals surface area (Å²) in [5, 5.41) is 11.7. The van der Waals surface area contributed by atoms with Gasteiger partial charge in [0.25, 0.3) is 5.91 Å². The number of carbonyl (C=O) groups excluding carboxylic acids is 1. The number of amides is 1. The van der Waals surface area contributed by atoms with E-state index in [1.54, 1.807) is 11.3 Å². The zero-order valence-electron chi connectivity index (χ0n) is 17.1. The van der Waals surface area contributed by atoms with Crippen LogP contribution in [-0.4, -0.2) is 52.2 Å². The zero-order chi connectivity index (χ0) is 21.2. The van der Waals surface area contributed by atoms with Crippen molar-refractivity contribution >= 4 is 34.4 Å². The summed E-state index contributed by atoms with van der Waals surface area (Å²) < 4.78 is 0. The van der Waals surface area contributed by atoms with Crippen molar-refractivity contribution in [1.29, 1.82) is 0 Å². The number of carbonyl (C=O) groups is 1. The molecule has 1 amide bonds. The molecule has 0 N–H and O–H groups in total. The van der Waals surface area contributed by atoms with E-state index in [-0.39, 0.29) is 5.91 Å². The number of hydrogen-bond donors (Lipinski definition) is 0. The van der Waals surface area contributed by atoms with Crippen molar-refractivity contribution in [2.75, 3.05) is 31.1 Å². The quantitative estimate of drug-likeness (QED) is 0.458. The molecule has 5 rings (SSSR count). The second-order valence-corrected chi connectivity index (χ2v) is 9.28. The maximum atomic E-state index is 13.1. The lowest BCUT2D eigenvalue weighted by atomic mass is 10.2. The predicted octanol–water partition coefficient (Wildman–Crippen LogP) is 4.60. The van der Waals surface area contributed by atoms with Crippen LogP contribution in [0.3, 0.4) is 0 Å². The minimum absolute atomic E-state index is 0.0657.